The number of hydrogen-bond donors (Lipinski definition) is 1. The fraction of sp³-hybridized carbons (Fsp3) is 0.208. The number of fused-ring (bicyclic) bond motifs is 2. The summed E-state index contributed by atoms with van der Waals surface area (Å²) in [5, 5.41) is 2.62. The molecular weight excluding hydrogens is 376 g/mol. The van der Waals surface area contributed by atoms with E-state index in [1.165, 1.54) is 4.68 Å². The summed E-state index contributed by atoms with van der Waals surface area (Å²) in [6, 6.07) is 21.2. The van der Waals surface area contributed by atoms with Crippen molar-refractivity contribution in [1.29, 1.82) is 0 Å². The van der Waals surface area contributed by atoms with Crippen LogP contribution in [0.2, 0.25) is 0 Å². The second-order valence-corrected chi connectivity index (χ2v) is 7.61. The maximum Gasteiger partial charge on any atom is 0.281 e. The topological polar surface area (TPSA) is 67.2 Å². The summed E-state index contributed by atoms with van der Waals surface area (Å²) in [6.45, 7) is 1.65. The lowest BCUT2D eigenvalue weighted by atomic mass is 10.0. The number of carbonyl (C=O) groups is 1. The lowest BCUT2D eigenvalue weighted by Gasteiger charge is -2.22. The van der Waals surface area contributed by atoms with E-state index in [0.717, 1.165) is 42.3 Å². The Morgan fingerprint density at radius 3 is 2.43 bits per heavy atom. The average molecular weight is 398 g/mol. The molecule has 3 aromatic carbocycles. The summed E-state index contributed by atoms with van der Waals surface area (Å²) in [5.41, 5.74) is 4.13. The largest absolute Gasteiger partial charge is 0.341 e. The van der Waals surface area contributed by atoms with Crippen LogP contribution in [0.5, 0.6) is 0 Å². The van der Waals surface area contributed by atoms with Gasteiger partial charge in [-0.15, -0.1) is 0 Å². The van der Waals surface area contributed by atoms with Gasteiger partial charge in [-0.05, 0) is 41.3 Å². The zero-order chi connectivity index (χ0) is 20.5. The normalized spacial score (nSPS) is 13.8. The van der Waals surface area contributed by atoms with Gasteiger partial charge in [-0.3, -0.25) is 15.0 Å². The molecule has 0 atom stereocenters. The number of carbonyl (C=O) groups excluding carboxylic acids is 1. The molecule has 0 radical (unpaired) electrons. The molecule has 1 saturated heterocycles. The first-order valence-electron chi connectivity index (χ1n) is 10.2. The number of aromatic nitrogens is 2. The summed E-state index contributed by atoms with van der Waals surface area (Å²) in [7, 11) is 0. The fourth-order valence-corrected chi connectivity index (χ4v) is 4.13. The number of hydrogen-bond acceptors (Lipinski definition) is 4. The summed E-state index contributed by atoms with van der Waals surface area (Å²) < 4.78 is 1.32. The highest BCUT2D eigenvalue weighted by molar-refractivity contribution is 5.93. The minimum atomic E-state index is -0.256. The predicted molar refractivity (Wildman–Crippen MR) is 119 cm³/mol. The molecule has 150 valence electrons. The predicted octanol–water partition coefficient (Wildman–Crippen LogP) is 3.46. The Morgan fingerprint density at radius 1 is 0.900 bits per heavy atom. The number of nitrogens with zero attached hydrogens (tertiary/aromatic N) is 3. The van der Waals surface area contributed by atoms with Crippen molar-refractivity contribution < 1.29 is 4.79 Å². The second kappa shape index (κ2) is 7.63. The van der Waals surface area contributed by atoms with Crippen molar-refractivity contribution in [2.24, 2.45) is 0 Å². The standard InChI is InChI=1S/C24H22N4O2/c29-22(16-18-10-7-9-17-8-1-2-11-19(17)18)26-28-23(30)20-12-3-4-13-21(20)25-24(28)27-14-5-6-15-27/h1-4,7-13H,5-6,14-16H2,(H,26,29). The first-order chi connectivity index (χ1) is 14.7. The van der Waals surface area contributed by atoms with Crippen molar-refractivity contribution in [3.8, 4) is 0 Å². The van der Waals surface area contributed by atoms with E-state index in [9.17, 15) is 9.59 Å². The van der Waals surface area contributed by atoms with Gasteiger partial charge in [0.2, 0.25) is 11.9 Å². The Balaban J connectivity index is 1.52. The van der Waals surface area contributed by atoms with E-state index in [1.807, 2.05) is 60.7 Å². The van der Waals surface area contributed by atoms with Crippen LogP contribution in [0.25, 0.3) is 21.7 Å². The first-order valence-corrected chi connectivity index (χ1v) is 10.2. The summed E-state index contributed by atoms with van der Waals surface area (Å²) in [5.74, 6) is 0.258. The van der Waals surface area contributed by atoms with Crippen LogP contribution in [0.1, 0.15) is 18.4 Å². The lowest BCUT2D eigenvalue weighted by Crippen LogP contribution is -2.39. The van der Waals surface area contributed by atoms with Gasteiger partial charge in [0.15, 0.2) is 0 Å². The number of benzene rings is 3. The Hall–Kier alpha value is -3.67. The molecule has 1 fully saturated rings. The van der Waals surface area contributed by atoms with Gasteiger partial charge in [0.05, 0.1) is 17.3 Å². The monoisotopic (exact) mass is 398 g/mol. The van der Waals surface area contributed by atoms with Gasteiger partial charge in [0, 0.05) is 13.1 Å². The van der Waals surface area contributed by atoms with E-state index in [2.05, 4.69) is 10.3 Å². The number of nitrogens with one attached hydrogen (secondary N) is 1. The highest BCUT2D eigenvalue weighted by atomic mass is 16.2. The molecular formula is C24H22N4O2. The van der Waals surface area contributed by atoms with E-state index in [4.69, 9.17) is 4.98 Å². The first kappa shape index (κ1) is 18.4. The molecule has 1 aliphatic rings. The molecule has 6 heteroatoms. The Kier molecular flexibility index (Phi) is 4.67. The van der Waals surface area contributed by atoms with Crippen LogP contribution in [0.3, 0.4) is 0 Å². The summed E-state index contributed by atoms with van der Waals surface area (Å²) >= 11 is 0. The van der Waals surface area contributed by atoms with Crippen molar-refractivity contribution in [1.82, 2.24) is 9.66 Å². The van der Waals surface area contributed by atoms with Gasteiger partial charge in [-0.25, -0.2) is 4.98 Å². The Bertz CT molecular complexity index is 1300. The van der Waals surface area contributed by atoms with Crippen molar-refractivity contribution in [2.75, 3.05) is 23.4 Å². The van der Waals surface area contributed by atoms with Gasteiger partial charge in [-0.2, -0.15) is 4.68 Å². The zero-order valence-corrected chi connectivity index (χ0v) is 16.5. The van der Waals surface area contributed by atoms with Crippen molar-refractivity contribution in [3.63, 3.8) is 0 Å². The molecule has 1 aromatic heterocycles. The molecule has 1 N–H and O–H groups in total. The molecule has 0 saturated carbocycles. The van der Waals surface area contributed by atoms with Crippen molar-refractivity contribution in [2.45, 2.75) is 19.3 Å². The van der Waals surface area contributed by atoms with Crippen LogP contribution in [0.15, 0.2) is 71.5 Å². The Morgan fingerprint density at radius 2 is 1.60 bits per heavy atom. The lowest BCUT2D eigenvalue weighted by molar-refractivity contribution is -0.116. The number of para-hydroxylation sites is 1. The Labute approximate surface area is 173 Å². The molecule has 2 heterocycles. The fourth-order valence-electron chi connectivity index (χ4n) is 4.13. The third-order valence-corrected chi connectivity index (χ3v) is 5.61. The quantitative estimate of drug-likeness (QED) is 0.572. The molecule has 30 heavy (non-hydrogen) atoms. The van der Waals surface area contributed by atoms with E-state index >= 15 is 0 Å². The van der Waals surface area contributed by atoms with Gasteiger partial charge in [-0.1, -0.05) is 54.6 Å². The van der Waals surface area contributed by atoms with Crippen LogP contribution >= 0.6 is 0 Å². The number of anilines is 1. The molecule has 0 bridgehead atoms. The third kappa shape index (κ3) is 3.30. The van der Waals surface area contributed by atoms with E-state index in [-0.39, 0.29) is 17.9 Å². The van der Waals surface area contributed by atoms with E-state index in [0.29, 0.717) is 16.9 Å². The van der Waals surface area contributed by atoms with E-state index in [1.54, 1.807) is 6.07 Å². The molecule has 0 aliphatic carbocycles. The van der Waals surface area contributed by atoms with Crippen LogP contribution < -0.4 is 15.9 Å². The number of rotatable bonds is 4. The molecule has 0 spiro atoms. The SMILES string of the molecule is O=C(Cc1cccc2ccccc12)Nn1c(N2CCCC2)nc2ccccc2c1=O. The summed E-state index contributed by atoms with van der Waals surface area (Å²) in [6.07, 6.45) is 2.28. The zero-order valence-electron chi connectivity index (χ0n) is 16.5. The van der Waals surface area contributed by atoms with Crippen molar-refractivity contribution in [3.05, 3.63) is 82.6 Å². The van der Waals surface area contributed by atoms with Gasteiger partial charge in [0.1, 0.15) is 0 Å². The van der Waals surface area contributed by atoms with Crippen LogP contribution in [0, 0.1) is 0 Å². The van der Waals surface area contributed by atoms with Gasteiger partial charge >= 0.3 is 0 Å². The molecule has 1 aliphatic heterocycles. The molecule has 4 aromatic rings. The second-order valence-electron chi connectivity index (χ2n) is 7.61. The maximum absolute atomic E-state index is 13.2. The molecule has 1 amide bonds. The van der Waals surface area contributed by atoms with Crippen LogP contribution in [0.4, 0.5) is 5.95 Å². The van der Waals surface area contributed by atoms with Gasteiger partial charge < -0.3 is 4.90 Å². The minimum absolute atomic E-state index is 0.181. The van der Waals surface area contributed by atoms with Gasteiger partial charge in [0.25, 0.3) is 5.56 Å². The molecule has 5 rings (SSSR count). The average Bonchev–Trinajstić information content (AvgIpc) is 3.31. The highest BCUT2D eigenvalue weighted by Crippen LogP contribution is 2.21. The molecule has 0 unspecified atom stereocenters. The highest BCUT2D eigenvalue weighted by Gasteiger charge is 2.21. The summed E-state index contributed by atoms with van der Waals surface area (Å²) in [4.78, 5) is 32.9. The van der Waals surface area contributed by atoms with E-state index < -0.39 is 0 Å². The maximum atomic E-state index is 13.2. The van der Waals surface area contributed by atoms with Crippen molar-refractivity contribution >= 4 is 33.5 Å². The van der Waals surface area contributed by atoms with Crippen LogP contribution in [-0.4, -0.2) is 28.7 Å². The minimum Gasteiger partial charge on any atom is -0.341 e. The number of amides is 1. The third-order valence-electron chi connectivity index (χ3n) is 5.61. The molecule has 6 nitrogen and oxygen atoms in total. The smallest absolute Gasteiger partial charge is 0.281 e. The van der Waals surface area contributed by atoms with Crippen LogP contribution in [-0.2, 0) is 11.2 Å².